The van der Waals surface area contributed by atoms with Gasteiger partial charge >= 0.3 is 0 Å². The molecule has 1 fully saturated rings. The van der Waals surface area contributed by atoms with E-state index in [0.29, 0.717) is 17.2 Å². The van der Waals surface area contributed by atoms with Crippen molar-refractivity contribution < 1.29 is 13.2 Å². The first-order valence-corrected chi connectivity index (χ1v) is 10.8. The summed E-state index contributed by atoms with van der Waals surface area (Å²) in [7, 11) is -3.69. The monoisotopic (exact) mass is 386 g/mol. The zero-order valence-electron chi connectivity index (χ0n) is 15.7. The van der Waals surface area contributed by atoms with Gasteiger partial charge < -0.3 is 5.32 Å². The molecular weight excluding hydrogens is 360 g/mol. The van der Waals surface area contributed by atoms with Crippen LogP contribution in [0.1, 0.15) is 48.5 Å². The van der Waals surface area contributed by atoms with Gasteiger partial charge in [0.1, 0.15) is 0 Å². The molecule has 1 amide bonds. The maximum atomic E-state index is 12.6. The van der Waals surface area contributed by atoms with Crippen molar-refractivity contribution in [1.29, 1.82) is 0 Å². The summed E-state index contributed by atoms with van der Waals surface area (Å²) < 4.78 is 27.6. The molecule has 2 aromatic carbocycles. The van der Waals surface area contributed by atoms with Crippen LogP contribution in [0.5, 0.6) is 0 Å². The van der Waals surface area contributed by atoms with Crippen LogP contribution in [-0.4, -0.2) is 20.4 Å². The van der Waals surface area contributed by atoms with Crippen molar-refractivity contribution in [2.75, 3.05) is 4.72 Å². The molecule has 0 bridgehead atoms. The van der Waals surface area contributed by atoms with Gasteiger partial charge in [0.2, 0.25) is 0 Å². The Bertz CT molecular complexity index is 907. The SMILES string of the molecule is Cc1ccc(S(=O)(=O)Nc2cccc(C(=O)NC3CCCCC3C)c2)cc1. The van der Waals surface area contributed by atoms with Crippen LogP contribution in [0.4, 0.5) is 5.69 Å². The number of anilines is 1. The van der Waals surface area contributed by atoms with E-state index in [4.69, 9.17) is 0 Å². The minimum Gasteiger partial charge on any atom is -0.349 e. The molecule has 0 aromatic heterocycles. The molecule has 3 rings (SSSR count). The molecule has 1 aliphatic carbocycles. The number of nitrogens with one attached hydrogen (secondary N) is 2. The van der Waals surface area contributed by atoms with Crippen LogP contribution >= 0.6 is 0 Å². The fourth-order valence-electron chi connectivity index (χ4n) is 3.44. The summed E-state index contributed by atoms with van der Waals surface area (Å²) in [6.07, 6.45) is 4.46. The Balaban J connectivity index is 1.73. The molecule has 0 radical (unpaired) electrons. The Morgan fingerprint density at radius 2 is 1.74 bits per heavy atom. The van der Waals surface area contributed by atoms with Crippen molar-refractivity contribution in [2.24, 2.45) is 5.92 Å². The quantitative estimate of drug-likeness (QED) is 0.812. The molecule has 6 heteroatoms. The van der Waals surface area contributed by atoms with Gasteiger partial charge in [0.25, 0.3) is 15.9 Å². The van der Waals surface area contributed by atoms with Crippen LogP contribution in [0.3, 0.4) is 0 Å². The average molecular weight is 387 g/mol. The first-order valence-electron chi connectivity index (χ1n) is 9.35. The van der Waals surface area contributed by atoms with E-state index < -0.39 is 10.0 Å². The minimum absolute atomic E-state index is 0.162. The third kappa shape index (κ3) is 4.89. The number of benzene rings is 2. The van der Waals surface area contributed by atoms with E-state index in [1.807, 2.05) is 6.92 Å². The van der Waals surface area contributed by atoms with Crippen molar-refractivity contribution >= 4 is 21.6 Å². The molecule has 1 aliphatic rings. The maximum absolute atomic E-state index is 12.6. The number of carbonyl (C=O) groups excluding carboxylic acids is 1. The van der Waals surface area contributed by atoms with E-state index in [-0.39, 0.29) is 16.8 Å². The predicted octanol–water partition coefficient (Wildman–Crippen LogP) is 4.10. The van der Waals surface area contributed by atoms with E-state index in [9.17, 15) is 13.2 Å². The zero-order valence-corrected chi connectivity index (χ0v) is 16.6. The zero-order chi connectivity index (χ0) is 19.4. The summed E-state index contributed by atoms with van der Waals surface area (Å²) in [6, 6.07) is 13.4. The normalized spacial score (nSPS) is 20.1. The number of carbonyl (C=O) groups is 1. The molecule has 2 unspecified atom stereocenters. The van der Waals surface area contributed by atoms with Gasteiger partial charge in [0.05, 0.1) is 4.90 Å². The highest BCUT2D eigenvalue weighted by Crippen LogP contribution is 2.24. The van der Waals surface area contributed by atoms with Crippen LogP contribution in [0.25, 0.3) is 0 Å². The van der Waals surface area contributed by atoms with Crippen LogP contribution in [0.2, 0.25) is 0 Å². The van der Waals surface area contributed by atoms with Gasteiger partial charge in [0.15, 0.2) is 0 Å². The number of aryl methyl sites for hydroxylation is 1. The first-order chi connectivity index (χ1) is 12.8. The summed E-state index contributed by atoms with van der Waals surface area (Å²) in [4.78, 5) is 12.8. The summed E-state index contributed by atoms with van der Waals surface area (Å²) in [5.41, 5.74) is 1.82. The van der Waals surface area contributed by atoms with Gasteiger partial charge in [-0.1, -0.05) is 43.5 Å². The second-order valence-corrected chi connectivity index (χ2v) is 9.02. The van der Waals surface area contributed by atoms with Crippen LogP contribution < -0.4 is 10.0 Å². The Morgan fingerprint density at radius 3 is 2.44 bits per heavy atom. The maximum Gasteiger partial charge on any atom is 0.261 e. The Hall–Kier alpha value is -2.34. The van der Waals surface area contributed by atoms with Crippen LogP contribution in [0.15, 0.2) is 53.4 Å². The molecule has 5 nitrogen and oxygen atoms in total. The summed E-state index contributed by atoms with van der Waals surface area (Å²) in [5.74, 6) is 0.302. The molecule has 1 saturated carbocycles. The fourth-order valence-corrected chi connectivity index (χ4v) is 4.49. The van der Waals surface area contributed by atoms with Gasteiger partial charge in [-0.2, -0.15) is 0 Å². The van der Waals surface area contributed by atoms with Gasteiger partial charge in [-0.05, 0) is 56.0 Å². The smallest absolute Gasteiger partial charge is 0.261 e. The highest BCUT2D eigenvalue weighted by molar-refractivity contribution is 7.92. The third-order valence-corrected chi connectivity index (χ3v) is 6.53. The van der Waals surface area contributed by atoms with E-state index in [2.05, 4.69) is 17.0 Å². The molecule has 144 valence electrons. The highest BCUT2D eigenvalue weighted by atomic mass is 32.2. The van der Waals surface area contributed by atoms with Crippen molar-refractivity contribution in [3.63, 3.8) is 0 Å². The Morgan fingerprint density at radius 1 is 1.04 bits per heavy atom. The van der Waals surface area contributed by atoms with Crippen LogP contribution in [-0.2, 0) is 10.0 Å². The van der Waals surface area contributed by atoms with Crippen molar-refractivity contribution in [3.8, 4) is 0 Å². The molecular formula is C21H26N2O3S. The standard InChI is InChI=1S/C21H26N2O3S/c1-15-10-12-19(13-11-15)27(25,26)23-18-8-5-7-17(14-18)21(24)22-20-9-4-3-6-16(20)2/h5,7-8,10-14,16,20,23H,3-4,6,9H2,1-2H3,(H,22,24). The van der Waals surface area contributed by atoms with Crippen LogP contribution in [0, 0.1) is 12.8 Å². The van der Waals surface area contributed by atoms with Crippen molar-refractivity contribution in [2.45, 2.75) is 50.5 Å². The average Bonchev–Trinajstić information content (AvgIpc) is 2.64. The lowest BCUT2D eigenvalue weighted by atomic mass is 9.86. The Kier molecular flexibility index (Phi) is 5.85. The lowest BCUT2D eigenvalue weighted by Gasteiger charge is -2.29. The predicted molar refractivity (Wildman–Crippen MR) is 107 cm³/mol. The number of amides is 1. The number of hydrogen-bond acceptors (Lipinski definition) is 3. The number of sulfonamides is 1. The van der Waals surface area contributed by atoms with Gasteiger partial charge in [-0.15, -0.1) is 0 Å². The van der Waals surface area contributed by atoms with Crippen molar-refractivity contribution in [1.82, 2.24) is 5.32 Å². The second kappa shape index (κ2) is 8.13. The first kappa shape index (κ1) is 19.4. The lowest BCUT2D eigenvalue weighted by molar-refractivity contribution is 0.0910. The van der Waals surface area contributed by atoms with E-state index in [0.717, 1.165) is 24.8 Å². The molecule has 0 aliphatic heterocycles. The second-order valence-electron chi connectivity index (χ2n) is 7.34. The van der Waals surface area contributed by atoms with Gasteiger partial charge in [0, 0.05) is 17.3 Å². The summed E-state index contributed by atoms with van der Waals surface area (Å²) >= 11 is 0. The topological polar surface area (TPSA) is 75.3 Å². The fraction of sp³-hybridized carbons (Fsp3) is 0.381. The molecule has 2 N–H and O–H groups in total. The van der Waals surface area contributed by atoms with Gasteiger partial charge in [-0.25, -0.2) is 8.42 Å². The molecule has 2 atom stereocenters. The van der Waals surface area contributed by atoms with E-state index >= 15 is 0 Å². The molecule has 0 saturated heterocycles. The Labute approximate surface area is 161 Å². The third-order valence-electron chi connectivity index (χ3n) is 5.14. The molecule has 0 heterocycles. The summed E-state index contributed by atoms with van der Waals surface area (Å²) in [5, 5.41) is 3.10. The van der Waals surface area contributed by atoms with Crippen molar-refractivity contribution in [3.05, 3.63) is 59.7 Å². The van der Waals surface area contributed by atoms with E-state index in [1.54, 1.807) is 48.5 Å². The minimum atomic E-state index is -3.69. The van der Waals surface area contributed by atoms with E-state index in [1.165, 1.54) is 6.42 Å². The number of rotatable bonds is 5. The molecule has 0 spiro atoms. The largest absolute Gasteiger partial charge is 0.349 e. The number of hydrogen-bond donors (Lipinski definition) is 2. The highest BCUT2D eigenvalue weighted by Gasteiger charge is 2.23. The summed E-state index contributed by atoms with van der Waals surface area (Å²) in [6.45, 7) is 4.06. The molecule has 27 heavy (non-hydrogen) atoms. The lowest BCUT2D eigenvalue weighted by Crippen LogP contribution is -2.41. The molecule has 2 aromatic rings. The van der Waals surface area contributed by atoms with Gasteiger partial charge in [-0.3, -0.25) is 9.52 Å².